The fourth-order valence-corrected chi connectivity index (χ4v) is 2.26. The molecule has 1 amide bonds. The molecule has 2 aromatic carbocycles. The number of amides is 1. The van der Waals surface area contributed by atoms with Gasteiger partial charge in [-0.2, -0.15) is 0 Å². The molecule has 1 atom stereocenters. The molecule has 8 nitrogen and oxygen atoms in total. The third-order valence-electron chi connectivity index (χ3n) is 3.61. The topological polar surface area (TPSA) is 108 Å². The van der Waals surface area contributed by atoms with Crippen molar-refractivity contribution in [2.45, 2.75) is 13.0 Å². The lowest BCUT2D eigenvalue weighted by Crippen LogP contribution is -2.31. The molecule has 0 heterocycles. The number of hydrogen-bond donors (Lipinski definition) is 1. The number of carbonyl (C=O) groups excluding carboxylic acids is 2. The van der Waals surface area contributed by atoms with Crippen LogP contribution in [-0.2, 0) is 9.53 Å². The van der Waals surface area contributed by atoms with E-state index in [-0.39, 0.29) is 23.5 Å². The fourth-order valence-electron chi connectivity index (χ4n) is 2.26. The van der Waals surface area contributed by atoms with Crippen LogP contribution in [0.5, 0.6) is 5.75 Å². The lowest BCUT2D eigenvalue weighted by atomic mass is 10.1. The number of carbonyl (C=O) groups is 2. The van der Waals surface area contributed by atoms with Crippen molar-refractivity contribution in [1.29, 1.82) is 0 Å². The summed E-state index contributed by atoms with van der Waals surface area (Å²) >= 11 is 0. The quantitative estimate of drug-likeness (QED) is 0.463. The average molecular weight is 358 g/mol. The summed E-state index contributed by atoms with van der Waals surface area (Å²) in [6, 6.07) is 13.0. The van der Waals surface area contributed by atoms with Crippen molar-refractivity contribution in [3.05, 3.63) is 69.8 Å². The number of rotatable bonds is 7. The van der Waals surface area contributed by atoms with Gasteiger partial charge in [-0.25, -0.2) is 0 Å². The number of benzene rings is 2. The van der Waals surface area contributed by atoms with Gasteiger partial charge in [0.25, 0.3) is 5.91 Å². The highest BCUT2D eigenvalue weighted by Gasteiger charge is 2.19. The van der Waals surface area contributed by atoms with Gasteiger partial charge in [0.1, 0.15) is 12.6 Å². The molecule has 0 aliphatic heterocycles. The van der Waals surface area contributed by atoms with Gasteiger partial charge in [0.05, 0.1) is 12.0 Å². The Morgan fingerprint density at radius 1 is 1.19 bits per heavy atom. The van der Waals surface area contributed by atoms with E-state index in [2.05, 4.69) is 5.32 Å². The monoisotopic (exact) mass is 358 g/mol. The lowest BCUT2D eigenvalue weighted by Gasteiger charge is -2.14. The van der Waals surface area contributed by atoms with Crippen molar-refractivity contribution in [3.63, 3.8) is 0 Å². The standard InChI is InChI=1S/C18H18N2O6/c1-12(13-6-4-3-5-7-13)26-17(21)11-19-18(22)14-8-9-16(25-2)15(10-14)20(23)24/h3-10,12H,11H2,1-2H3,(H,19,22)/t12-/m1/s1. The number of nitro groups is 1. The number of nitro benzene ring substituents is 1. The molecule has 0 bridgehead atoms. The highest BCUT2D eigenvalue weighted by molar-refractivity contribution is 5.96. The molecule has 0 unspecified atom stereocenters. The molecule has 136 valence electrons. The smallest absolute Gasteiger partial charge is 0.326 e. The molecule has 0 aliphatic carbocycles. The summed E-state index contributed by atoms with van der Waals surface area (Å²) in [5, 5.41) is 13.4. The molecule has 0 radical (unpaired) electrons. The van der Waals surface area contributed by atoms with Gasteiger partial charge in [-0.15, -0.1) is 0 Å². The van der Waals surface area contributed by atoms with Crippen molar-refractivity contribution in [2.24, 2.45) is 0 Å². The molecule has 0 saturated heterocycles. The summed E-state index contributed by atoms with van der Waals surface area (Å²) in [6.45, 7) is 1.37. The predicted octanol–water partition coefficient (Wildman–Crippen LogP) is 2.64. The predicted molar refractivity (Wildman–Crippen MR) is 92.9 cm³/mol. The summed E-state index contributed by atoms with van der Waals surface area (Å²) in [7, 11) is 1.30. The zero-order valence-corrected chi connectivity index (χ0v) is 14.3. The van der Waals surface area contributed by atoms with Crippen LogP contribution < -0.4 is 10.1 Å². The first-order chi connectivity index (χ1) is 12.4. The first-order valence-electron chi connectivity index (χ1n) is 7.77. The number of esters is 1. The molecule has 1 N–H and O–H groups in total. The largest absolute Gasteiger partial charge is 0.490 e. The van der Waals surface area contributed by atoms with E-state index in [1.165, 1.54) is 19.2 Å². The maximum absolute atomic E-state index is 12.1. The first kappa shape index (κ1) is 18.9. The molecule has 0 spiro atoms. The van der Waals surface area contributed by atoms with Crippen molar-refractivity contribution in [3.8, 4) is 5.75 Å². The van der Waals surface area contributed by atoms with E-state index in [1.54, 1.807) is 6.92 Å². The molecule has 2 aromatic rings. The zero-order valence-electron chi connectivity index (χ0n) is 14.3. The Labute approximate surface area is 149 Å². The van der Waals surface area contributed by atoms with Gasteiger partial charge >= 0.3 is 11.7 Å². The van der Waals surface area contributed by atoms with E-state index in [4.69, 9.17) is 9.47 Å². The average Bonchev–Trinajstić information content (AvgIpc) is 2.66. The van der Waals surface area contributed by atoms with Gasteiger partial charge in [0.2, 0.25) is 0 Å². The number of hydrogen-bond acceptors (Lipinski definition) is 6. The molecule has 0 aliphatic rings. The second kappa shape index (κ2) is 8.61. The number of nitrogens with one attached hydrogen (secondary N) is 1. The van der Waals surface area contributed by atoms with E-state index in [1.807, 2.05) is 30.3 Å². The van der Waals surface area contributed by atoms with E-state index in [9.17, 15) is 19.7 Å². The SMILES string of the molecule is COc1ccc(C(=O)NCC(=O)O[C@H](C)c2ccccc2)cc1[N+](=O)[O-]. The Morgan fingerprint density at radius 3 is 2.50 bits per heavy atom. The fraction of sp³-hybridized carbons (Fsp3) is 0.222. The highest BCUT2D eigenvalue weighted by Crippen LogP contribution is 2.27. The molecule has 26 heavy (non-hydrogen) atoms. The number of methoxy groups -OCH3 is 1. The minimum absolute atomic E-state index is 0.0430. The molecule has 2 rings (SSSR count). The van der Waals surface area contributed by atoms with Gasteiger partial charge in [-0.05, 0) is 24.6 Å². The first-order valence-corrected chi connectivity index (χ1v) is 7.77. The molecule has 0 fully saturated rings. The van der Waals surface area contributed by atoms with E-state index >= 15 is 0 Å². The summed E-state index contributed by atoms with van der Waals surface area (Å²) < 4.78 is 10.1. The van der Waals surface area contributed by atoms with Gasteiger partial charge in [0.15, 0.2) is 5.75 Å². The third-order valence-corrected chi connectivity index (χ3v) is 3.61. The van der Waals surface area contributed by atoms with Gasteiger partial charge in [0, 0.05) is 11.6 Å². The minimum Gasteiger partial charge on any atom is -0.490 e. The normalized spacial score (nSPS) is 11.3. The second-order valence-electron chi connectivity index (χ2n) is 5.37. The number of nitrogens with zero attached hydrogens (tertiary/aromatic N) is 1. The Hall–Kier alpha value is -3.42. The zero-order chi connectivity index (χ0) is 19.1. The van der Waals surface area contributed by atoms with Crippen molar-refractivity contribution < 1.29 is 24.0 Å². The highest BCUT2D eigenvalue weighted by atomic mass is 16.6. The van der Waals surface area contributed by atoms with Crippen LogP contribution in [0.15, 0.2) is 48.5 Å². The summed E-state index contributed by atoms with van der Waals surface area (Å²) in [4.78, 5) is 34.3. The Kier molecular flexibility index (Phi) is 6.26. The molecule has 0 aromatic heterocycles. The van der Waals surface area contributed by atoms with Gasteiger partial charge in [-0.1, -0.05) is 30.3 Å². The van der Waals surface area contributed by atoms with Crippen LogP contribution in [0, 0.1) is 10.1 Å². The molecule has 8 heteroatoms. The molecular weight excluding hydrogens is 340 g/mol. The van der Waals surface area contributed by atoms with Gasteiger partial charge in [-0.3, -0.25) is 19.7 Å². The summed E-state index contributed by atoms with van der Waals surface area (Å²) in [5.41, 5.74) is 0.541. The molecular formula is C18H18N2O6. The summed E-state index contributed by atoms with van der Waals surface area (Å²) in [6.07, 6.45) is -0.456. The second-order valence-corrected chi connectivity index (χ2v) is 5.37. The van der Waals surface area contributed by atoms with E-state index in [0.29, 0.717) is 0 Å². The number of ether oxygens (including phenoxy) is 2. The van der Waals surface area contributed by atoms with Crippen LogP contribution >= 0.6 is 0 Å². The maximum atomic E-state index is 12.1. The molecule has 0 saturated carbocycles. The van der Waals surface area contributed by atoms with E-state index < -0.39 is 22.9 Å². The Balaban J connectivity index is 1.95. The van der Waals surface area contributed by atoms with Crippen LogP contribution in [0.25, 0.3) is 0 Å². The van der Waals surface area contributed by atoms with Crippen LogP contribution in [0.3, 0.4) is 0 Å². The Morgan fingerprint density at radius 2 is 1.88 bits per heavy atom. The maximum Gasteiger partial charge on any atom is 0.326 e. The van der Waals surface area contributed by atoms with Crippen molar-refractivity contribution in [2.75, 3.05) is 13.7 Å². The van der Waals surface area contributed by atoms with Crippen LogP contribution in [0.2, 0.25) is 0 Å². The van der Waals surface area contributed by atoms with Gasteiger partial charge < -0.3 is 14.8 Å². The van der Waals surface area contributed by atoms with Crippen LogP contribution in [0.4, 0.5) is 5.69 Å². The van der Waals surface area contributed by atoms with Crippen molar-refractivity contribution in [1.82, 2.24) is 5.32 Å². The van der Waals surface area contributed by atoms with Crippen LogP contribution in [-0.4, -0.2) is 30.5 Å². The minimum atomic E-state index is -0.647. The Bertz CT molecular complexity index is 807. The summed E-state index contributed by atoms with van der Waals surface area (Å²) in [5.74, 6) is -1.19. The lowest BCUT2D eigenvalue weighted by molar-refractivity contribution is -0.385. The third kappa shape index (κ3) is 4.79. The van der Waals surface area contributed by atoms with Crippen LogP contribution in [0.1, 0.15) is 28.9 Å². The van der Waals surface area contributed by atoms with E-state index in [0.717, 1.165) is 11.6 Å². The van der Waals surface area contributed by atoms with Crippen molar-refractivity contribution >= 4 is 17.6 Å².